The Labute approximate surface area is 720 Å². The second kappa shape index (κ2) is 50.4. The van der Waals surface area contributed by atoms with Gasteiger partial charge in [0, 0.05) is 31.8 Å². The molecular formula is C74H101Cl2FN18O29. The van der Waals surface area contributed by atoms with Crippen molar-refractivity contribution in [2.24, 2.45) is 5.73 Å². The molecule has 15 N–H and O–H groups in total. The Balaban J connectivity index is 0.000000730. The number of alkyl carbamates (subject to hydrolysis) is 5. The second-order valence-corrected chi connectivity index (χ2v) is 29.8. The van der Waals surface area contributed by atoms with Gasteiger partial charge in [-0.3, -0.25) is 19.3 Å². The number of anilines is 4. The molecule has 682 valence electrons. The Morgan fingerprint density at radius 3 is 1.21 bits per heavy atom. The third-order valence-electron chi connectivity index (χ3n) is 13.6. The molecule has 3 aliphatic rings. The van der Waals surface area contributed by atoms with E-state index in [1.54, 1.807) is 178 Å². The maximum Gasteiger partial charge on any atom is 0.408 e. The number of rotatable bonds is 17. The standard InChI is InChI=1S/C13H17N3O7.C13H19N3O5.2C13H17N3O4.C9H11N3O2.C8H15NO5.C5H3FN2O2.2ClH/c1-13(2,3)23-12(19)15-8(11(17)18)7-22-9-5-4-6-14-10(9)16(20)21;1-13(2,3)21-12(19)16-8(11(17)18)7-20-9-5-4-6-15-10(9)14;2*1-13(2,3)20-12(18)15-8-7-19-9-5-4-6-14-10(9)16-11(8)17;1-12-8-7(3-2-4-11-8)14-5-6(10)9(12)13;1-8(2,3)14-7(13)9-5(4-10)6(11)12;6-4-2-1-3-7-5(4)8(9)10;;/h4-6,8H,7H2,1-3H3,(H,15,19)(H,17,18);4-6,8H,7H2,1-3H3,(H2,14,15)(H,16,19)(H,17,18);2*4-6,8H,7H2,1-3H3,(H,15,18)(H,14,16,17);2-4,6H,5,10H2,1H3;5,10H,4H2,1-3H3,(H,9,13)(H,11,12);1-3H;2*1H/t4*8-;6-;5-;;;/m000000.../s1. The van der Waals surface area contributed by atoms with Gasteiger partial charge in [0.05, 0.1) is 6.61 Å². The molecule has 0 radical (unpaired) electrons. The summed E-state index contributed by atoms with van der Waals surface area (Å²) in [6.45, 7) is 24.1. The summed E-state index contributed by atoms with van der Waals surface area (Å²) in [5.74, 6) is -4.18. The number of amides is 8. The smallest absolute Gasteiger partial charge is 0.408 e. The Morgan fingerprint density at radius 2 is 0.839 bits per heavy atom. The molecule has 124 heavy (non-hydrogen) atoms. The maximum absolute atomic E-state index is 12.3. The Hall–Kier alpha value is -13.9. The van der Waals surface area contributed by atoms with E-state index in [2.05, 4.69) is 61.8 Å². The molecule has 0 aliphatic carbocycles. The predicted molar refractivity (Wildman–Crippen MR) is 439 cm³/mol. The number of hydrogen-bond acceptors (Lipinski definition) is 34. The lowest BCUT2D eigenvalue weighted by atomic mass is 10.2. The van der Waals surface area contributed by atoms with Crippen LogP contribution >= 0.6 is 24.8 Å². The van der Waals surface area contributed by atoms with E-state index in [1.807, 2.05) is 5.32 Å². The molecule has 6 aromatic rings. The number of aromatic nitrogens is 6. The first-order valence-electron chi connectivity index (χ1n) is 36.1. The molecule has 0 spiro atoms. The highest BCUT2D eigenvalue weighted by Gasteiger charge is 2.34. The zero-order valence-corrected chi connectivity index (χ0v) is 71.6. The minimum Gasteiger partial charge on any atom is -0.488 e. The van der Waals surface area contributed by atoms with Crippen molar-refractivity contribution in [2.45, 2.75) is 168 Å². The number of hydrogen-bond donors (Lipinski definition) is 13. The monoisotopic (exact) mass is 1790 g/mol. The number of aliphatic hydroxyl groups excluding tert-OH is 1. The van der Waals surface area contributed by atoms with E-state index in [0.717, 1.165) is 6.07 Å². The van der Waals surface area contributed by atoms with Crippen molar-refractivity contribution < 1.29 is 135 Å². The molecule has 6 aromatic heterocycles. The Morgan fingerprint density at radius 1 is 0.508 bits per heavy atom. The number of carbonyl (C=O) groups is 11. The van der Waals surface area contributed by atoms with Crippen LogP contribution < -0.4 is 77.3 Å². The molecule has 8 amide bonds. The van der Waals surface area contributed by atoms with Crippen molar-refractivity contribution in [1.82, 2.24) is 56.5 Å². The van der Waals surface area contributed by atoms with Gasteiger partial charge in [0.25, 0.3) is 11.8 Å². The Bertz CT molecular complexity index is 4490. The fraction of sp³-hybridized carbons (Fsp3) is 0.446. The predicted octanol–water partition coefficient (Wildman–Crippen LogP) is 6.67. The van der Waals surface area contributed by atoms with Crippen molar-refractivity contribution in [3.05, 3.63) is 136 Å². The van der Waals surface area contributed by atoms with E-state index in [0.29, 0.717) is 34.7 Å². The van der Waals surface area contributed by atoms with Crippen molar-refractivity contribution in [1.29, 1.82) is 0 Å². The highest BCUT2D eigenvalue weighted by Crippen LogP contribution is 2.29. The van der Waals surface area contributed by atoms with Gasteiger partial charge >= 0.3 is 60.0 Å². The van der Waals surface area contributed by atoms with Gasteiger partial charge in [-0.2, -0.15) is 4.39 Å². The van der Waals surface area contributed by atoms with E-state index in [9.17, 15) is 77.4 Å². The zero-order valence-electron chi connectivity index (χ0n) is 70.0. The number of ether oxygens (including phenoxy) is 10. The molecule has 9 heterocycles. The molecule has 3 aliphatic heterocycles. The van der Waals surface area contributed by atoms with Crippen LogP contribution in [0.3, 0.4) is 0 Å². The van der Waals surface area contributed by atoms with Crippen LogP contribution in [0.5, 0.6) is 28.7 Å². The summed E-state index contributed by atoms with van der Waals surface area (Å²) in [5.41, 5.74) is 7.71. The number of nitrogens with zero attached hydrogens (tertiary/aromatic N) is 9. The largest absolute Gasteiger partial charge is 0.488 e. The van der Waals surface area contributed by atoms with Crippen LogP contribution in [-0.2, 0) is 52.5 Å². The van der Waals surface area contributed by atoms with Gasteiger partial charge in [0.1, 0.15) is 91.6 Å². The molecule has 0 unspecified atom stereocenters. The SMILES string of the molecule is CC(C)(C)OC(=O)N[C@@H](CO)C(=O)O.CC(C)(C)OC(=O)N[C@@H](COc1cccnc1N)C(=O)O.CC(C)(C)OC(=O)N[C@@H](COc1cccnc1[N+](=O)[O-])C(=O)O.CC(C)(C)OC(=O)N[C@H]1COc2cccnc2NC1=O.CC(C)(C)OC(=O)N[C@H]1COc2cccnc2NC1=O.CN1C(=O)[C@@H](N)COc2cccnc21.Cl.Cl.O=[N+]([O-])c1ncccc1F. The lowest BCUT2D eigenvalue weighted by Crippen LogP contribution is -2.48. The lowest BCUT2D eigenvalue weighted by Gasteiger charge is -2.22. The molecule has 47 nitrogen and oxygen atoms in total. The Kier molecular flexibility index (Phi) is 43.9. The number of likely N-dealkylation sites (N-methyl/N-ethyl adjacent to an activating group) is 1. The van der Waals surface area contributed by atoms with E-state index in [4.69, 9.17) is 79.3 Å². The van der Waals surface area contributed by atoms with Crippen molar-refractivity contribution in [3.63, 3.8) is 0 Å². The number of nitrogens with one attached hydrogen (secondary N) is 7. The number of nitro groups is 2. The lowest BCUT2D eigenvalue weighted by molar-refractivity contribution is -0.392. The minimum absolute atomic E-state index is 0. The molecule has 0 saturated heterocycles. The first-order chi connectivity index (χ1) is 56.7. The number of nitrogen functional groups attached to an aromatic ring is 1. The van der Waals surface area contributed by atoms with Gasteiger partial charge in [-0.25, -0.2) is 58.3 Å². The molecular weight excluding hydrogens is 1690 g/mol. The maximum atomic E-state index is 12.3. The number of fused-ring (bicyclic) bond motifs is 3. The number of carboxylic acid groups (broad SMARTS) is 3. The normalized spacial score (nSPS) is 14.8. The van der Waals surface area contributed by atoms with Crippen LogP contribution in [-0.4, -0.2) is 237 Å². The summed E-state index contributed by atoms with van der Waals surface area (Å²) in [4.78, 5) is 169. The molecule has 0 saturated carbocycles. The van der Waals surface area contributed by atoms with E-state index in [1.165, 1.54) is 41.7 Å². The fourth-order valence-corrected chi connectivity index (χ4v) is 8.47. The number of carbonyl (C=O) groups excluding carboxylic acids is 8. The van der Waals surface area contributed by atoms with E-state index in [-0.39, 0.29) is 74.5 Å². The highest BCUT2D eigenvalue weighted by molar-refractivity contribution is 5.99. The van der Waals surface area contributed by atoms with Crippen LogP contribution in [0.1, 0.15) is 104 Å². The van der Waals surface area contributed by atoms with Gasteiger partial charge in [-0.15, -0.1) is 24.8 Å². The average molecular weight is 1800 g/mol. The summed E-state index contributed by atoms with van der Waals surface area (Å²) in [6, 6.07) is 12.1. The van der Waals surface area contributed by atoms with Gasteiger partial charge in [-0.1, -0.05) is 0 Å². The first kappa shape index (κ1) is 108. The summed E-state index contributed by atoms with van der Waals surface area (Å²) in [6.07, 6.45) is 4.60. The number of aliphatic carboxylic acids is 3. The molecule has 50 heteroatoms. The van der Waals surface area contributed by atoms with Gasteiger partial charge in [0.15, 0.2) is 64.4 Å². The number of nitrogens with two attached hydrogens (primary N) is 2. The van der Waals surface area contributed by atoms with Crippen molar-refractivity contribution in [3.8, 4) is 28.7 Å². The van der Waals surface area contributed by atoms with E-state index < -0.39 is 165 Å². The molecule has 0 fully saturated rings. The van der Waals surface area contributed by atoms with Crippen LogP contribution in [0.25, 0.3) is 0 Å². The molecule has 0 aromatic carbocycles. The van der Waals surface area contributed by atoms with Crippen LogP contribution in [0, 0.1) is 26.0 Å². The van der Waals surface area contributed by atoms with Crippen molar-refractivity contribution >= 4 is 126 Å². The fourth-order valence-electron chi connectivity index (χ4n) is 8.47. The summed E-state index contributed by atoms with van der Waals surface area (Å²) in [5, 5.41) is 72.4. The molecule has 0 bridgehead atoms. The third kappa shape index (κ3) is 41.9. The number of aliphatic hydroxyl groups is 1. The first-order valence-corrected chi connectivity index (χ1v) is 36.1. The quantitative estimate of drug-likeness (QED) is 0.0257. The van der Waals surface area contributed by atoms with Gasteiger partial charge in [0.2, 0.25) is 17.5 Å². The highest BCUT2D eigenvalue weighted by atomic mass is 35.5. The summed E-state index contributed by atoms with van der Waals surface area (Å²) in [7, 11) is 1.64. The molecule has 9 rings (SSSR count). The summed E-state index contributed by atoms with van der Waals surface area (Å²) >= 11 is 0. The average Bonchev–Trinajstić information content (AvgIpc) is 1.70. The van der Waals surface area contributed by atoms with Gasteiger partial charge in [-0.05, 0) is 196 Å². The van der Waals surface area contributed by atoms with E-state index >= 15 is 0 Å². The van der Waals surface area contributed by atoms with Crippen molar-refractivity contribution in [2.75, 3.05) is 68.0 Å². The van der Waals surface area contributed by atoms with Crippen LogP contribution in [0.4, 0.5) is 63.3 Å². The van der Waals surface area contributed by atoms with Crippen LogP contribution in [0.15, 0.2) is 110 Å². The minimum atomic E-state index is -1.44. The number of carboxylic acids is 3. The molecule has 6 atom stereocenters. The number of pyridine rings is 6. The number of halogens is 3. The zero-order chi connectivity index (χ0) is 92.2. The third-order valence-corrected chi connectivity index (χ3v) is 13.6. The van der Waals surface area contributed by atoms with Gasteiger partial charge < -0.3 is 137 Å². The second-order valence-electron chi connectivity index (χ2n) is 29.8. The summed E-state index contributed by atoms with van der Waals surface area (Å²) < 4.78 is 63.9. The van der Waals surface area contributed by atoms with Crippen LogP contribution in [0.2, 0.25) is 0 Å². The topological polar surface area (TPSA) is 664 Å².